The van der Waals surface area contributed by atoms with E-state index in [9.17, 15) is 14.7 Å². The fourth-order valence-electron chi connectivity index (χ4n) is 3.06. The third-order valence-corrected chi connectivity index (χ3v) is 5.41. The van der Waals surface area contributed by atoms with Crippen LogP contribution in [0.3, 0.4) is 0 Å². The Bertz CT molecular complexity index is 855. The molecule has 0 radical (unpaired) electrons. The number of halogens is 2. The molecule has 1 heterocycles. The summed E-state index contributed by atoms with van der Waals surface area (Å²) in [5, 5.41) is 13.7. The third-order valence-electron chi connectivity index (χ3n) is 4.67. The molecule has 1 aliphatic heterocycles. The van der Waals surface area contributed by atoms with Gasteiger partial charge >= 0.3 is 0 Å². The molecule has 3 rings (SSSR count). The Kier molecular flexibility index (Phi) is 6.05. The molecule has 2 atom stereocenters. The third kappa shape index (κ3) is 4.43. The van der Waals surface area contributed by atoms with Crippen LogP contribution in [-0.4, -0.2) is 30.0 Å². The lowest BCUT2D eigenvalue weighted by Gasteiger charge is -2.18. The first-order chi connectivity index (χ1) is 12.9. The number of aliphatic hydroxyl groups excluding tert-OH is 1. The van der Waals surface area contributed by atoms with E-state index in [2.05, 4.69) is 5.32 Å². The maximum atomic E-state index is 12.6. The molecule has 0 aliphatic carbocycles. The van der Waals surface area contributed by atoms with Gasteiger partial charge in [-0.05, 0) is 37.1 Å². The Balaban J connectivity index is 1.60. The predicted molar refractivity (Wildman–Crippen MR) is 106 cm³/mol. The number of hydrogen-bond acceptors (Lipinski definition) is 3. The molecule has 0 aromatic heterocycles. The van der Waals surface area contributed by atoms with E-state index in [1.165, 1.54) is 4.90 Å². The largest absolute Gasteiger partial charge is 0.387 e. The van der Waals surface area contributed by atoms with Crippen molar-refractivity contribution >= 4 is 40.7 Å². The zero-order chi connectivity index (χ0) is 19.6. The highest BCUT2D eigenvalue weighted by atomic mass is 35.5. The van der Waals surface area contributed by atoms with Crippen molar-refractivity contribution in [1.29, 1.82) is 0 Å². The number of carbonyl (C=O) groups is 2. The molecule has 2 aromatic rings. The number of carbonyl (C=O) groups excluding carboxylic acids is 2. The summed E-state index contributed by atoms with van der Waals surface area (Å²) in [5.41, 5.74) is 2.43. The molecule has 0 saturated carbocycles. The van der Waals surface area contributed by atoms with Crippen LogP contribution in [0.5, 0.6) is 0 Å². The highest BCUT2D eigenvalue weighted by Crippen LogP contribution is 2.31. The van der Waals surface area contributed by atoms with Crippen LogP contribution in [0.4, 0.5) is 5.69 Å². The first kappa shape index (κ1) is 19.7. The first-order valence-corrected chi connectivity index (χ1v) is 9.41. The molecule has 1 aliphatic rings. The average molecular weight is 407 g/mol. The second-order valence-corrected chi connectivity index (χ2v) is 7.42. The van der Waals surface area contributed by atoms with Crippen LogP contribution < -0.4 is 10.2 Å². The van der Waals surface area contributed by atoms with Gasteiger partial charge in [0.05, 0.1) is 16.1 Å². The van der Waals surface area contributed by atoms with Crippen molar-refractivity contribution < 1.29 is 14.7 Å². The Labute approximate surface area is 167 Å². The molecule has 0 bridgehead atoms. The van der Waals surface area contributed by atoms with Crippen LogP contribution in [0.1, 0.15) is 23.7 Å². The topological polar surface area (TPSA) is 69.6 Å². The summed E-state index contributed by atoms with van der Waals surface area (Å²) in [6.07, 6.45) is -0.414. The van der Waals surface area contributed by atoms with E-state index in [0.29, 0.717) is 28.7 Å². The lowest BCUT2D eigenvalue weighted by atomic mass is 10.1. The Hall–Kier alpha value is -2.08. The van der Waals surface area contributed by atoms with E-state index >= 15 is 0 Å². The predicted octanol–water partition coefficient (Wildman–Crippen LogP) is 3.50. The molecule has 7 heteroatoms. The van der Waals surface area contributed by atoms with Gasteiger partial charge in [0.2, 0.25) is 11.8 Å². The molecule has 1 saturated heterocycles. The maximum absolute atomic E-state index is 12.6. The van der Waals surface area contributed by atoms with Gasteiger partial charge in [0.25, 0.3) is 0 Å². The Morgan fingerprint density at radius 3 is 2.59 bits per heavy atom. The number of rotatable bonds is 5. The summed E-state index contributed by atoms with van der Waals surface area (Å²) in [6.45, 7) is 2.44. The van der Waals surface area contributed by atoms with Gasteiger partial charge in [-0.15, -0.1) is 0 Å². The smallest absolute Gasteiger partial charge is 0.239 e. The summed E-state index contributed by atoms with van der Waals surface area (Å²) in [4.78, 5) is 26.6. The number of hydrogen-bond donors (Lipinski definition) is 2. The van der Waals surface area contributed by atoms with Crippen LogP contribution in [0, 0.1) is 12.8 Å². The van der Waals surface area contributed by atoms with Crippen molar-refractivity contribution in [3.8, 4) is 0 Å². The molecule has 27 heavy (non-hydrogen) atoms. The minimum absolute atomic E-state index is 0.0540. The second kappa shape index (κ2) is 8.30. The lowest BCUT2D eigenvalue weighted by Crippen LogP contribution is -2.38. The Morgan fingerprint density at radius 2 is 1.93 bits per heavy atom. The summed E-state index contributed by atoms with van der Waals surface area (Å²) in [6, 6.07) is 12.4. The summed E-state index contributed by atoms with van der Waals surface area (Å²) in [7, 11) is 0. The molecule has 2 aromatic carbocycles. The molecular weight excluding hydrogens is 387 g/mol. The quantitative estimate of drug-likeness (QED) is 0.746. The maximum Gasteiger partial charge on any atom is 0.239 e. The molecule has 1 fully saturated rings. The van der Waals surface area contributed by atoms with E-state index in [-0.39, 0.29) is 18.4 Å². The highest BCUT2D eigenvalue weighted by Gasteiger charge is 2.37. The van der Waals surface area contributed by atoms with Gasteiger partial charge in [-0.1, -0.05) is 53.0 Å². The number of benzene rings is 2. The first-order valence-electron chi connectivity index (χ1n) is 8.65. The molecule has 2 amide bonds. The van der Waals surface area contributed by atoms with Gasteiger partial charge in [-0.3, -0.25) is 9.59 Å². The summed E-state index contributed by atoms with van der Waals surface area (Å²) >= 11 is 11.9. The highest BCUT2D eigenvalue weighted by molar-refractivity contribution is 6.42. The van der Waals surface area contributed by atoms with Crippen molar-refractivity contribution in [2.24, 2.45) is 5.92 Å². The van der Waals surface area contributed by atoms with Crippen molar-refractivity contribution in [3.05, 3.63) is 63.6 Å². The van der Waals surface area contributed by atoms with Crippen LogP contribution in [0.15, 0.2) is 42.5 Å². The number of anilines is 1. The summed E-state index contributed by atoms with van der Waals surface area (Å²) < 4.78 is 0. The molecular formula is C20H20Cl2N2O3. The van der Waals surface area contributed by atoms with Crippen LogP contribution in [-0.2, 0) is 9.59 Å². The monoisotopic (exact) mass is 406 g/mol. The van der Waals surface area contributed by atoms with Gasteiger partial charge in [0.1, 0.15) is 5.92 Å². The van der Waals surface area contributed by atoms with E-state index in [1.807, 2.05) is 31.2 Å². The van der Waals surface area contributed by atoms with Gasteiger partial charge in [-0.25, -0.2) is 0 Å². The van der Waals surface area contributed by atoms with E-state index in [0.717, 1.165) is 11.1 Å². The van der Waals surface area contributed by atoms with E-state index in [4.69, 9.17) is 23.2 Å². The van der Waals surface area contributed by atoms with Crippen LogP contribution in [0.25, 0.3) is 0 Å². The van der Waals surface area contributed by atoms with Crippen molar-refractivity contribution in [1.82, 2.24) is 5.32 Å². The van der Waals surface area contributed by atoms with Gasteiger partial charge < -0.3 is 15.3 Å². The molecule has 2 N–H and O–H groups in total. The van der Waals surface area contributed by atoms with Gasteiger partial charge in [0.15, 0.2) is 0 Å². The number of aliphatic hydroxyl groups is 1. The number of aryl methyl sites for hydroxylation is 1. The normalized spacial score (nSPS) is 17.9. The van der Waals surface area contributed by atoms with Crippen molar-refractivity contribution in [3.63, 3.8) is 0 Å². The van der Waals surface area contributed by atoms with E-state index < -0.39 is 12.0 Å². The lowest BCUT2D eigenvalue weighted by molar-refractivity contribution is -0.132. The van der Waals surface area contributed by atoms with Gasteiger partial charge in [-0.2, -0.15) is 0 Å². The molecule has 142 valence electrons. The zero-order valence-electron chi connectivity index (χ0n) is 14.8. The van der Waals surface area contributed by atoms with Crippen LogP contribution in [0.2, 0.25) is 10.0 Å². The molecule has 0 spiro atoms. The van der Waals surface area contributed by atoms with E-state index in [1.54, 1.807) is 18.2 Å². The second-order valence-electron chi connectivity index (χ2n) is 6.60. The number of nitrogens with one attached hydrogen (secondary N) is 1. The average Bonchev–Trinajstić information content (AvgIpc) is 3.04. The standard InChI is InChI=1S/C20H20Cl2N2O3/c1-12-2-4-13(5-3-12)18(25)11-23-19(26)15-8-9-24(20(15)27)14-6-7-16(21)17(22)10-14/h2-7,10,15,18,25H,8-9,11H2,1H3,(H,23,26). The van der Waals surface area contributed by atoms with Gasteiger partial charge in [0, 0.05) is 18.8 Å². The number of nitrogens with zero attached hydrogens (tertiary/aromatic N) is 1. The summed E-state index contributed by atoms with van der Waals surface area (Å²) in [5.74, 6) is -1.44. The Morgan fingerprint density at radius 1 is 1.22 bits per heavy atom. The fraction of sp³-hybridized carbons (Fsp3) is 0.300. The fourth-order valence-corrected chi connectivity index (χ4v) is 3.35. The number of amides is 2. The van der Waals surface area contributed by atoms with Crippen molar-refractivity contribution in [2.45, 2.75) is 19.4 Å². The molecule has 2 unspecified atom stereocenters. The van der Waals surface area contributed by atoms with Crippen molar-refractivity contribution in [2.75, 3.05) is 18.0 Å². The molecule has 5 nitrogen and oxygen atoms in total. The SMILES string of the molecule is Cc1ccc(C(O)CNC(=O)C2CCN(c3ccc(Cl)c(Cl)c3)C2=O)cc1. The van der Waals surface area contributed by atoms with Crippen LogP contribution >= 0.6 is 23.2 Å². The minimum atomic E-state index is -0.822. The zero-order valence-corrected chi connectivity index (χ0v) is 16.3. The minimum Gasteiger partial charge on any atom is -0.387 e.